The first kappa shape index (κ1) is 20.7. The van der Waals surface area contributed by atoms with Crippen LogP contribution >= 0.6 is 0 Å². The maximum Gasteiger partial charge on any atom is 0.290 e. The van der Waals surface area contributed by atoms with Crippen LogP contribution in [0.25, 0.3) is 5.65 Å². The van der Waals surface area contributed by atoms with Gasteiger partial charge in [0.2, 0.25) is 0 Å². The largest absolute Gasteiger partial charge is 0.483 e. The summed E-state index contributed by atoms with van der Waals surface area (Å²) in [4.78, 5) is 14.8. The zero-order chi connectivity index (χ0) is 20.1. The van der Waals surface area contributed by atoms with Crippen molar-refractivity contribution in [3.63, 3.8) is 0 Å². The lowest BCUT2D eigenvalue weighted by Gasteiger charge is -2.34. The molecule has 0 aromatic carbocycles. The van der Waals surface area contributed by atoms with Crippen LogP contribution in [-0.4, -0.2) is 83.9 Å². The van der Waals surface area contributed by atoms with Crippen molar-refractivity contribution in [1.82, 2.24) is 19.0 Å². The number of aliphatic hydroxyl groups is 1. The minimum atomic E-state index is -3.65. The number of carboxylic acid groups (broad SMARTS) is 1. The van der Waals surface area contributed by atoms with Crippen molar-refractivity contribution in [3.05, 3.63) is 30.6 Å². The number of imidazole rings is 1. The number of morpholine rings is 1. The number of rotatable bonds is 5. The van der Waals surface area contributed by atoms with E-state index in [1.54, 1.807) is 22.7 Å². The van der Waals surface area contributed by atoms with E-state index < -0.39 is 10.0 Å². The molecule has 2 aliphatic rings. The van der Waals surface area contributed by atoms with E-state index in [0.29, 0.717) is 25.2 Å². The standard InChI is InChI=1S/C16H22N4O4S.CH2O2/c21-6-4-14-10-19-9-12(7-13(19)11-24-14)18-25(22,23)16-8-17-15-3-1-2-5-20(15)16;2-1-3/h1-3,5,8,12-14,18,21H,4,6-7,9-11H2;1H,(H,2,3)/t12-,13+,14+;/m1./s1. The normalized spacial score (nSPS) is 25.1. The van der Waals surface area contributed by atoms with E-state index >= 15 is 0 Å². The lowest BCUT2D eigenvalue weighted by molar-refractivity contribution is -0.122. The van der Waals surface area contributed by atoms with Gasteiger partial charge in [0.05, 0.1) is 18.9 Å². The Kier molecular flexibility index (Phi) is 6.62. The summed E-state index contributed by atoms with van der Waals surface area (Å²) in [5, 5.41) is 16.1. The zero-order valence-corrected chi connectivity index (χ0v) is 16.0. The first-order valence-electron chi connectivity index (χ1n) is 8.97. The summed E-state index contributed by atoms with van der Waals surface area (Å²) >= 11 is 0. The highest BCUT2D eigenvalue weighted by Gasteiger charge is 2.39. The van der Waals surface area contributed by atoms with Crippen LogP contribution in [0.4, 0.5) is 0 Å². The van der Waals surface area contributed by atoms with E-state index in [1.165, 1.54) is 6.20 Å². The van der Waals surface area contributed by atoms with Crippen LogP contribution < -0.4 is 4.72 Å². The Morgan fingerprint density at radius 1 is 1.36 bits per heavy atom. The average Bonchev–Trinajstić information content (AvgIpc) is 3.25. The summed E-state index contributed by atoms with van der Waals surface area (Å²) in [5.41, 5.74) is 0.604. The van der Waals surface area contributed by atoms with Crippen molar-refractivity contribution >= 4 is 22.1 Å². The van der Waals surface area contributed by atoms with Crippen molar-refractivity contribution < 1.29 is 28.2 Å². The predicted octanol–water partition coefficient (Wildman–Crippen LogP) is -0.462. The van der Waals surface area contributed by atoms with Crippen molar-refractivity contribution in [3.8, 4) is 0 Å². The van der Waals surface area contributed by atoms with Gasteiger partial charge in [-0.1, -0.05) is 6.07 Å². The summed E-state index contributed by atoms with van der Waals surface area (Å²) in [6, 6.07) is 5.45. The molecule has 3 atom stereocenters. The van der Waals surface area contributed by atoms with Crippen molar-refractivity contribution in [2.45, 2.75) is 36.1 Å². The van der Waals surface area contributed by atoms with Gasteiger partial charge in [0, 0.05) is 38.0 Å². The van der Waals surface area contributed by atoms with Crippen molar-refractivity contribution in [2.24, 2.45) is 0 Å². The molecule has 10 nitrogen and oxygen atoms in total. The molecule has 2 aromatic rings. The Morgan fingerprint density at radius 3 is 2.89 bits per heavy atom. The Labute approximate surface area is 162 Å². The maximum absolute atomic E-state index is 12.8. The van der Waals surface area contributed by atoms with Crippen molar-refractivity contribution in [2.75, 3.05) is 26.3 Å². The van der Waals surface area contributed by atoms with Gasteiger partial charge in [0.15, 0.2) is 5.03 Å². The summed E-state index contributed by atoms with van der Waals surface area (Å²) in [5.74, 6) is 0. The molecule has 2 aliphatic heterocycles. The fourth-order valence-electron chi connectivity index (χ4n) is 3.73. The Hall–Kier alpha value is -2.05. The van der Waals surface area contributed by atoms with Gasteiger partial charge in [0.25, 0.3) is 16.5 Å². The molecule has 0 radical (unpaired) electrons. The first-order chi connectivity index (χ1) is 13.5. The number of hydrogen-bond acceptors (Lipinski definition) is 7. The summed E-state index contributed by atoms with van der Waals surface area (Å²) in [7, 11) is -3.65. The summed E-state index contributed by atoms with van der Waals surface area (Å²) in [6.45, 7) is 1.83. The number of nitrogens with zero attached hydrogens (tertiary/aromatic N) is 3. The molecule has 11 heteroatoms. The molecule has 0 unspecified atom stereocenters. The Morgan fingerprint density at radius 2 is 2.14 bits per heavy atom. The average molecular weight is 412 g/mol. The highest BCUT2D eigenvalue weighted by molar-refractivity contribution is 7.89. The number of fused-ring (bicyclic) bond motifs is 2. The molecular formula is C17H24N4O6S. The number of pyridine rings is 1. The lowest BCUT2D eigenvalue weighted by Crippen LogP contribution is -2.46. The molecule has 4 heterocycles. The highest BCUT2D eigenvalue weighted by Crippen LogP contribution is 2.25. The second-order valence-electron chi connectivity index (χ2n) is 6.76. The van der Waals surface area contributed by atoms with Crippen LogP contribution in [0.2, 0.25) is 0 Å². The molecule has 3 N–H and O–H groups in total. The second-order valence-corrected chi connectivity index (χ2v) is 8.42. The molecule has 2 fully saturated rings. The molecule has 4 rings (SSSR count). The Bertz CT molecular complexity index is 902. The molecule has 0 aliphatic carbocycles. The molecule has 28 heavy (non-hydrogen) atoms. The number of aliphatic hydroxyl groups excluding tert-OH is 1. The SMILES string of the molecule is O=CO.O=S(=O)(N[C@@H]1C[C@H]2CO[C@@H](CCO)CN2C1)c1cnc2ccccn12. The summed E-state index contributed by atoms with van der Waals surface area (Å²) < 4.78 is 35.7. The third kappa shape index (κ3) is 4.50. The maximum atomic E-state index is 12.8. The molecule has 0 saturated carbocycles. The number of carbonyl (C=O) groups is 1. The molecule has 2 saturated heterocycles. The third-order valence-corrected chi connectivity index (χ3v) is 6.42. The van der Waals surface area contributed by atoms with E-state index in [1.807, 2.05) is 6.07 Å². The number of aromatic nitrogens is 2. The quantitative estimate of drug-likeness (QED) is 0.562. The zero-order valence-electron chi connectivity index (χ0n) is 15.2. The van der Waals surface area contributed by atoms with Crippen LogP contribution in [-0.2, 0) is 19.6 Å². The van der Waals surface area contributed by atoms with Crippen LogP contribution in [0.1, 0.15) is 12.8 Å². The first-order valence-corrected chi connectivity index (χ1v) is 10.5. The van der Waals surface area contributed by atoms with Gasteiger partial charge in [0.1, 0.15) is 5.65 Å². The smallest absolute Gasteiger partial charge is 0.290 e. The van der Waals surface area contributed by atoms with Gasteiger partial charge in [-0.3, -0.25) is 14.1 Å². The van der Waals surface area contributed by atoms with E-state index in [9.17, 15) is 8.42 Å². The molecule has 2 aromatic heterocycles. The monoisotopic (exact) mass is 412 g/mol. The van der Waals surface area contributed by atoms with Gasteiger partial charge >= 0.3 is 0 Å². The van der Waals surface area contributed by atoms with E-state index in [-0.39, 0.29) is 36.3 Å². The van der Waals surface area contributed by atoms with E-state index in [4.69, 9.17) is 19.7 Å². The van der Waals surface area contributed by atoms with Crippen LogP contribution in [0.5, 0.6) is 0 Å². The Balaban J connectivity index is 0.000000706. The fourth-order valence-corrected chi connectivity index (χ4v) is 5.07. The lowest BCUT2D eigenvalue weighted by atomic mass is 10.1. The van der Waals surface area contributed by atoms with E-state index in [2.05, 4.69) is 14.6 Å². The van der Waals surface area contributed by atoms with Crippen molar-refractivity contribution in [1.29, 1.82) is 0 Å². The number of hydrogen-bond donors (Lipinski definition) is 3. The van der Waals surface area contributed by atoms with E-state index in [0.717, 1.165) is 13.0 Å². The molecular weight excluding hydrogens is 388 g/mol. The van der Waals surface area contributed by atoms with Gasteiger partial charge in [-0.05, 0) is 25.0 Å². The molecule has 0 spiro atoms. The van der Waals surface area contributed by atoms with Gasteiger partial charge in [-0.15, -0.1) is 0 Å². The number of ether oxygens (including phenoxy) is 1. The van der Waals surface area contributed by atoms with Crippen LogP contribution in [0.15, 0.2) is 35.6 Å². The number of nitrogens with one attached hydrogen (secondary N) is 1. The third-order valence-electron chi connectivity index (χ3n) is 4.92. The van der Waals surface area contributed by atoms with Gasteiger partial charge < -0.3 is 14.9 Å². The minimum absolute atomic E-state index is 0.0235. The molecule has 0 amide bonds. The summed E-state index contributed by atoms with van der Waals surface area (Å²) in [6.07, 6.45) is 4.45. The predicted molar refractivity (Wildman–Crippen MR) is 99.4 cm³/mol. The number of sulfonamides is 1. The molecule has 154 valence electrons. The van der Waals surface area contributed by atoms with Crippen LogP contribution in [0, 0.1) is 0 Å². The second kappa shape index (κ2) is 8.97. The minimum Gasteiger partial charge on any atom is -0.483 e. The fraction of sp³-hybridized carbons (Fsp3) is 0.529. The van der Waals surface area contributed by atoms with Gasteiger partial charge in [-0.2, -0.15) is 0 Å². The molecule has 0 bridgehead atoms. The topological polar surface area (TPSA) is 133 Å². The van der Waals surface area contributed by atoms with Crippen LogP contribution in [0.3, 0.4) is 0 Å². The van der Waals surface area contributed by atoms with Gasteiger partial charge in [-0.25, -0.2) is 18.1 Å². The highest BCUT2D eigenvalue weighted by atomic mass is 32.2.